The van der Waals surface area contributed by atoms with Crippen molar-refractivity contribution in [2.24, 2.45) is 5.41 Å². The number of benzene rings is 1. The standard InChI is InChI=1S/C24H26N6O2/c1-23(2)17-4-3-15(11-16(17)13-18(23)31)12-19-27-21-20(25-8-10-30(21)28-19)29-9-6-24(14-29)5-7-26-22(24)32/h3-4,8,10-11H,5-7,9,12-14H2,1-2H3,(H,26,32). The SMILES string of the molecule is CC1(C)C(=O)Cc2cc(Cc3nc4c(N5CCC6(CCNC6=O)C5)nccn4n3)ccc21. The maximum atomic E-state index is 12.4. The van der Waals surface area contributed by atoms with Crippen LogP contribution in [0.3, 0.4) is 0 Å². The summed E-state index contributed by atoms with van der Waals surface area (Å²) < 4.78 is 1.78. The summed E-state index contributed by atoms with van der Waals surface area (Å²) in [6.07, 6.45) is 6.35. The molecule has 8 heteroatoms. The van der Waals surface area contributed by atoms with E-state index in [1.807, 2.05) is 20.0 Å². The van der Waals surface area contributed by atoms with Gasteiger partial charge in [0.2, 0.25) is 5.91 Å². The van der Waals surface area contributed by atoms with E-state index in [0.29, 0.717) is 19.4 Å². The molecule has 1 unspecified atom stereocenters. The largest absolute Gasteiger partial charge is 0.356 e. The molecule has 4 heterocycles. The molecule has 3 aromatic rings. The average Bonchev–Trinajstić information content (AvgIpc) is 3.50. The molecule has 1 spiro atoms. The third-order valence-corrected chi connectivity index (χ3v) is 7.56. The molecule has 3 aliphatic rings. The minimum Gasteiger partial charge on any atom is -0.356 e. The maximum absolute atomic E-state index is 12.4. The van der Waals surface area contributed by atoms with Gasteiger partial charge < -0.3 is 10.2 Å². The van der Waals surface area contributed by atoms with Gasteiger partial charge in [0.15, 0.2) is 17.3 Å². The second-order valence-electron chi connectivity index (χ2n) is 9.90. The fourth-order valence-electron chi connectivity index (χ4n) is 5.55. The molecule has 2 aromatic heterocycles. The van der Waals surface area contributed by atoms with Crippen molar-refractivity contribution >= 4 is 23.2 Å². The van der Waals surface area contributed by atoms with Crippen molar-refractivity contribution in [1.82, 2.24) is 24.9 Å². The molecule has 1 N–H and O–H groups in total. The van der Waals surface area contributed by atoms with Gasteiger partial charge >= 0.3 is 0 Å². The number of amides is 1. The van der Waals surface area contributed by atoms with Gasteiger partial charge in [0.25, 0.3) is 0 Å². The summed E-state index contributed by atoms with van der Waals surface area (Å²) in [5.41, 5.74) is 3.35. The highest BCUT2D eigenvalue weighted by Gasteiger charge is 2.48. The van der Waals surface area contributed by atoms with E-state index >= 15 is 0 Å². The van der Waals surface area contributed by atoms with E-state index in [2.05, 4.69) is 38.5 Å². The number of ketones is 1. The average molecular weight is 431 g/mol. The number of rotatable bonds is 3. The molecule has 6 rings (SSSR count). The molecule has 0 radical (unpaired) electrons. The Morgan fingerprint density at radius 2 is 2.06 bits per heavy atom. The predicted molar refractivity (Wildman–Crippen MR) is 119 cm³/mol. The van der Waals surface area contributed by atoms with Crippen LogP contribution in [0.15, 0.2) is 30.6 Å². The van der Waals surface area contributed by atoms with Crippen molar-refractivity contribution in [3.05, 3.63) is 53.1 Å². The first kappa shape index (κ1) is 19.4. The summed E-state index contributed by atoms with van der Waals surface area (Å²) >= 11 is 0. The van der Waals surface area contributed by atoms with E-state index in [1.165, 1.54) is 0 Å². The molecule has 0 bridgehead atoms. The first-order chi connectivity index (χ1) is 15.4. The summed E-state index contributed by atoms with van der Waals surface area (Å²) in [5, 5.41) is 7.65. The van der Waals surface area contributed by atoms with Crippen molar-refractivity contribution in [3.8, 4) is 0 Å². The summed E-state index contributed by atoms with van der Waals surface area (Å²) in [5.74, 6) is 1.93. The lowest BCUT2D eigenvalue weighted by molar-refractivity contribution is -0.126. The Morgan fingerprint density at radius 1 is 1.19 bits per heavy atom. The lowest BCUT2D eigenvalue weighted by Gasteiger charge is -2.21. The van der Waals surface area contributed by atoms with Crippen LogP contribution < -0.4 is 10.2 Å². The molecular weight excluding hydrogens is 404 g/mol. The summed E-state index contributed by atoms with van der Waals surface area (Å²) in [6.45, 7) is 6.20. The Morgan fingerprint density at radius 3 is 2.88 bits per heavy atom. The number of hydrogen-bond acceptors (Lipinski definition) is 6. The van der Waals surface area contributed by atoms with Crippen LogP contribution in [0.2, 0.25) is 0 Å². The van der Waals surface area contributed by atoms with Crippen molar-refractivity contribution < 1.29 is 9.59 Å². The number of anilines is 1. The third kappa shape index (κ3) is 2.78. The van der Waals surface area contributed by atoms with Crippen molar-refractivity contribution in [3.63, 3.8) is 0 Å². The van der Waals surface area contributed by atoms with Gasteiger partial charge in [-0.15, -0.1) is 0 Å². The highest BCUT2D eigenvalue weighted by molar-refractivity contribution is 5.95. The quantitative estimate of drug-likeness (QED) is 0.682. The van der Waals surface area contributed by atoms with Crippen molar-refractivity contribution in [2.75, 3.05) is 24.5 Å². The van der Waals surface area contributed by atoms with Crippen LogP contribution >= 0.6 is 0 Å². The molecule has 32 heavy (non-hydrogen) atoms. The Labute approximate surface area is 186 Å². The molecule has 2 fully saturated rings. The van der Waals surface area contributed by atoms with E-state index in [1.54, 1.807) is 10.7 Å². The monoisotopic (exact) mass is 430 g/mol. The summed E-state index contributed by atoms with van der Waals surface area (Å²) in [6, 6.07) is 6.28. The Hall–Kier alpha value is -3.29. The number of hydrogen-bond donors (Lipinski definition) is 1. The molecule has 8 nitrogen and oxygen atoms in total. The van der Waals surface area contributed by atoms with Crippen LogP contribution in [-0.2, 0) is 27.8 Å². The molecule has 1 atom stereocenters. The van der Waals surface area contributed by atoms with Crippen molar-refractivity contribution in [1.29, 1.82) is 0 Å². The van der Waals surface area contributed by atoms with Crippen LogP contribution in [0.1, 0.15) is 49.2 Å². The number of fused-ring (bicyclic) bond motifs is 2. The van der Waals surface area contributed by atoms with Gasteiger partial charge in [-0.2, -0.15) is 5.10 Å². The first-order valence-corrected chi connectivity index (χ1v) is 11.2. The number of carbonyl (C=O) groups is 2. The van der Waals surface area contributed by atoms with E-state index in [4.69, 9.17) is 4.98 Å². The minimum absolute atomic E-state index is 0.160. The molecule has 2 saturated heterocycles. The van der Waals surface area contributed by atoms with Gasteiger partial charge in [0.05, 0.1) is 5.41 Å². The maximum Gasteiger partial charge on any atom is 0.228 e. The van der Waals surface area contributed by atoms with Gasteiger partial charge in [-0.25, -0.2) is 14.5 Å². The molecule has 0 saturated carbocycles. The lowest BCUT2D eigenvalue weighted by atomic mass is 9.85. The number of carbonyl (C=O) groups excluding carboxylic acids is 2. The first-order valence-electron chi connectivity index (χ1n) is 11.2. The normalized spacial score (nSPS) is 24.0. The zero-order valence-electron chi connectivity index (χ0n) is 18.4. The van der Waals surface area contributed by atoms with E-state index in [9.17, 15) is 9.59 Å². The minimum atomic E-state index is -0.404. The lowest BCUT2D eigenvalue weighted by Crippen LogP contribution is -2.34. The second-order valence-corrected chi connectivity index (χ2v) is 9.90. The third-order valence-electron chi connectivity index (χ3n) is 7.56. The van der Waals surface area contributed by atoms with E-state index in [-0.39, 0.29) is 17.1 Å². The van der Waals surface area contributed by atoms with Crippen LogP contribution in [0.4, 0.5) is 5.82 Å². The van der Waals surface area contributed by atoms with Crippen LogP contribution in [0, 0.1) is 5.41 Å². The Kier molecular flexibility index (Phi) is 4.00. The highest BCUT2D eigenvalue weighted by Crippen LogP contribution is 2.39. The highest BCUT2D eigenvalue weighted by atomic mass is 16.2. The number of aromatic nitrogens is 4. The zero-order valence-corrected chi connectivity index (χ0v) is 18.4. The molecule has 1 aliphatic carbocycles. The number of nitrogens with zero attached hydrogens (tertiary/aromatic N) is 5. The number of Topliss-reactive ketones (excluding diaryl/α,β-unsaturated/α-hetero) is 1. The molecule has 2 aliphatic heterocycles. The predicted octanol–water partition coefficient (Wildman–Crippen LogP) is 1.83. The second kappa shape index (κ2) is 6.60. The summed E-state index contributed by atoms with van der Waals surface area (Å²) in [4.78, 5) is 36.3. The number of nitrogens with one attached hydrogen (secondary N) is 1. The fraction of sp³-hybridized carbons (Fsp3) is 0.458. The Balaban J connectivity index is 1.29. The topological polar surface area (TPSA) is 92.5 Å². The fourth-order valence-corrected chi connectivity index (χ4v) is 5.55. The van der Waals surface area contributed by atoms with Gasteiger partial charge in [0, 0.05) is 50.3 Å². The van der Waals surface area contributed by atoms with E-state index in [0.717, 1.165) is 59.9 Å². The van der Waals surface area contributed by atoms with Crippen LogP contribution in [0.5, 0.6) is 0 Å². The van der Waals surface area contributed by atoms with Crippen LogP contribution in [0.25, 0.3) is 5.65 Å². The van der Waals surface area contributed by atoms with E-state index < -0.39 is 5.41 Å². The smallest absolute Gasteiger partial charge is 0.228 e. The van der Waals surface area contributed by atoms with Crippen molar-refractivity contribution in [2.45, 2.75) is 44.9 Å². The Bertz CT molecular complexity index is 1280. The zero-order chi connectivity index (χ0) is 22.1. The summed E-state index contributed by atoms with van der Waals surface area (Å²) in [7, 11) is 0. The van der Waals surface area contributed by atoms with Crippen LogP contribution in [-0.4, -0.2) is 50.9 Å². The van der Waals surface area contributed by atoms with Gasteiger partial charge in [0.1, 0.15) is 5.78 Å². The van der Waals surface area contributed by atoms with Gasteiger partial charge in [-0.3, -0.25) is 9.59 Å². The molecule has 1 amide bonds. The molecular formula is C24H26N6O2. The van der Waals surface area contributed by atoms with Gasteiger partial charge in [-0.1, -0.05) is 18.2 Å². The molecule has 1 aromatic carbocycles. The molecule has 164 valence electrons. The van der Waals surface area contributed by atoms with Gasteiger partial charge in [-0.05, 0) is 43.4 Å².